The molecule has 0 saturated heterocycles. The van der Waals surface area contributed by atoms with Gasteiger partial charge >= 0.3 is 0 Å². The van der Waals surface area contributed by atoms with Crippen LogP contribution in [0.25, 0.3) is 0 Å². The standard InChI is InChI=1S/C32H52OS2/c1-21(2)11-10-12-22(3)23-15-19-32(8)25-13-14-26-29(4,5)27(33-28(34)35-9)17-18-30(26,6)24(25)16-20-31(23,32)7/h11,22-23,26-27H,10,12-20H2,1-9H3/t22-,23-,26+,27+,30-,31-,32+/m1/s1. The monoisotopic (exact) mass is 516 g/mol. The van der Waals surface area contributed by atoms with Gasteiger partial charge in [0.1, 0.15) is 6.10 Å². The van der Waals surface area contributed by atoms with Crippen molar-refractivity contribution in [2.75, 3.05) is 6.26 Å². The molecule has 198 valence electrons. The Balaban J connectivity index is 1.61. The van der Waals surface area contributed by atoms with E-state index in [1.165, 1.54) is 63.4 Å². The van der Waals surface area contributed by atoms with E-state index in [9.17, 15) is 0 Å². The van der Waals surface area contributed by atoms with E-state index >= 15 is 0 Å². The summed E-state index contributed by atoms with van der Waals surface area (Å²) < 4.78 is 7.07. The third-order valence-electron chi connectivity index (χ3n) is 12.0. The lowest BCUT2D eigenvalue weighted by Crippen LogP contribution is -2.55. The van der Waals surface area contributed by atoms with Gasteiger partial charge in [-0.05, 0) is 131 Å². The van der Waals surface area contributed by atoms with Crippen LogP contribution in [-0.2, 0) is 4.74 Å². The Bertz CT molecular complexity index is 895. The Kier molecular flexibility index (Phi) is 7.76. The summed E-state index contributed by atoms with van der Waals surface area (Å²) in [5, 5.41) is 0. The summed E-state index contributed by atoms with van der Waals surface area (Å²) in [5.41, 5.74) is 6.58. The van der Waals surface area contributed by atoms with Gasteiger partial charge < -0.3 is 4.74 Å². The molecule has 0 radical (unpaired) electrons. The number of hydrogen-bond acceptors (Lipinski definition) is 3. The average molecular weight is 517 g/mol. The summed E-state index contributed by atoms with van der Waals surface area (Å²) in [6, 6.07) is 0. The highest BCUT2D eigenvalue weighted by Gasteiger charge is 2.63. The molecule has 1 nitrogen and oxygen atoms in total. The molecule has 3 heteroatoms. The van der Waals surface area contributed by atoms with Crippen molar-refractivity contribution < 1.29 is 4.74 Å². The topological polar surface area (TPSA) is 9.23 Å². The lowest BCUT2D eigenvalue weighted by molar-refractivity contribution is -0.0877. The molecule has 7 atom stereocenters. The summed E-state index contributed by atoms with van der Waals surface area (Å²) in [6.07, 6.45) is 17.9. The van der Waals surface area contributed by atoms with Crippen LogP contribution in [0.2, 0.25) is 0 Å². The predicted octanol–water partition coefficient (Wildman–Crippen LogP) is 10.2. The quantitative estimate of drug-likeness (QED) is 0.266. The largest absolute Gasteiger partial charge is 0.475 e. The number of ether oxygens (including phenoxy) is 1. The second-order valence-electron chi connectivity index (χ2n) is 14.1. The molecule has 0 heterocycles. The molecule has 4 aliphatic carbocycles. The van der Waals surface area contributed by atoms with Gasteiger partial charge in [0.05, 0.1) is 0 Å². The van der Waals surface area contributed by atoms with Gasteiger partial charge in [-0.15, -0.1) is 0 Å². The first-order valence-corrected chi connectivity index (χ1v) is 16.1. The van der Waals surface area contributed by atoms with Gasteiger partial charge in [-0.2, -0.15) is 0 Å². The van der Waals surface area contributed by atoms with Crippen LogP contribution in [0.15, 0.2) is 22.8 Å². The highest BCUT2D eigenvalue weighted by Crippen LogP contribution is 2.72. The second kappa shape index (κ2) is 9.79. The van der Waals surface area contributed by atoms with Gasteiger partial charge in [-0.3, -0.25) is 0 Å². The van der Waals surface area contributed by atoms with E-state index in [0.717, 1.165) is 22.6 Å². The van der Waals surface area contributed by atoms with Crippen LogP contribution in [-0.4, -0.2) is 16.7 Å². The molecule has 0 aromatic rings. The zero-order chi connectivity index (χ0) is 25.8. The zero-order valence-electron chi connectivity index (χ0n) is 24.2. The predicted molar refractivity (Wildman–Crippen MR) is 158 cm³/mol. The first-order valence-electron chi connectivity index (χ1n) is 14.4. The minimum Gasteiger partial charge on any atom is -0.475 e. The van der Waals surface area contributed by atoms with Crippen molar-refractivity contribution in [3.63, 3.8) is 0 Å². The van der Waals surface area contributed by atoms with Crippen molar-refractivity contribution in [1.82, 2.24) is 0 Å². The number of rotatable bonds is 5. The minimum atomic E-state index is 0.157. The van der Waals surface area contributed by atoms with Crippen LogP contribution in [0.5, 0.6) is 0 Å². The third kappa shape index (κ3) is 4.41. The number of hydrogen-bond donors (Lipinski definition) is 0. The normalized spacial score (nSPS) is 40.9. The SMILES string of the molecule is CSC(=S)O[C@H]1CC[C@]2(C)C3=C(CC[C@H]2C1(C)C)[C@]1(C)CC[C@H]([C@H](C)CCC=C(C)C)[C@@]1(C)CC3. The lowest BCUT2D eigenvalue weighted by Gasteiger charge is -2.62. The zero-order valence-corrected chi connectivity index (χ0v) is 25.8. The first kappa shape index (κ1) is 27.7. The highest BCUT2D eigenvalue weighted by atomic mass is 32.2. The maximum Gasteiger partial charge on any atom is 0.219 e. The summed E-state index contributed by atoms with van der Waals surface area (Å²) >= 11 is 7.06. The average Bonchev–Trinajstić information content (AvgIpc) is 3.06. The first-order chi connectivity index (χ1) is 16.3. The molecule has 0 spiro atoms. The highest BCUT2D eigenvalue weighted by molar-refractivity contribution is 8.22. The molecule has 0 bridgehead atoms. The molecule has 0 aromatic heterocycles. The fraction of sp³-hybridized carbons (Fsp3) is 0.844. The van der Waals surface area contributed by atoms with E-state index in [2.05, 4.69) is 61.5 Å². The molecule has 0 amide bonds. The van der Waals surface area contributed by atoms with Crippen molar-refractivity contribution in [3.05, 3.63) is 22.8 Å². The minimum absolute atomic E-state index is 0.157. The van der Waals surface area contributed by atoms with E-state index in [1.54, 1.807) is 11.8 Å². The van der Waals surface area contributed by atoms with Crippen LogP contribution < -0.4 is 0 Å². The maximum atomic E-state index is 6.35. The van der Waals surface area contributed by atoms with Crippen LogP contribution in [0.1, 0.15) is 120 Å². The Hall–Kier alpha value is -0.280. The number of thioether (sulfide) groups is 1. The van der Waals surface area contributed by atoms with Crippen LogP contribution >= 0.6 is 24.0 Å². The van der Waals surface area contributed by atoms with Gasteiger partial charge in [-0.1, -0.05) is 76.1 Å². The van der Waals surface area contributed by atoms with Crippen molar-refractivity contribution in [3.8, 4) is 0 Å². The number of fused-ring (bicyclic) bond motifs is 4. The van der Waals surface area contributed by atoms with Gasteiger partial charge in [0, 0.05) is 5.41 Å². The Morgan fingerprint density at radius 2 is 1.74 bits per heavy atom. The third-order valence-corrected chi connectivity index (χ3v) is 13.0. The van der Waals surface area contributed by atoms with E-state index in [1.807, 2.05) is 17.4 Å². The molecule has 0 N–H and O–H groups in total. The fourth-order valence-electron chi connectivity index (χ4n) is 9.83. The Morgan fingerprint density at radius 3 is 2.40 bits per heavy atom. The molecule has 0 aliphatic heterocycles. The smallest absolute Gasteiger partial charge is 0.219 e. The lowest BCUT2D eigenvalue weighted by atomic mass is 9.43. The maximum absolute atomic E-state index is 6.35. The fourth-order valence-corrected chi connectivity index (χ4v) is 10.2. The molecule has 2 fully saturated rings. The van der Waals surface area contributed by atoms with Crippen molar-refractivity contribution in [2.45, 2.75) is 126 Å². The van der Waals surface area contributed by atoms with Crippen LogP contribution in [0, 0.1) is 39.4 Å². The van der Waals surface area contributed by atoms with Gasteiger partial charge in [0.15, 0.2) is 0 Å². The van der Waals surface area contributed by atoms with Gasteiger partial charge in [0.25, 0.3) is 0 Å². The molecule has 4 aliphatic rings. The molecule has 4 rings (SSSR count). The van der Waals surface area contributed by atoms with E-state index in [-0.39, 0.29) is 11.5 Å². The summed E-state index contributed by atoms with van der Waals surface area (Å²) in [4.78, 5) is 0. The number of thiocarbonyl (C=S) groups is 1. The molecule has 0 aromatic carbocycles. The van der Waals surface area contributed by atoms with Gasteiger partial charge in [-0.25, -0.2) is 0 Å². The number of allylic oxidation sites excluding steroid dienone is 4. The molecular formula is C32H52OS2. The molecular weight excluding hydrogens is 464 g/mol. The van der Waals surface area contributed by atoms with Crippen molar-refractivity contribution in [2.24, 2.45) is 39.4 Å². The van der Waals surface area contributed by atoms with Gasteiger partial charge in [0.2, 0.25) is 4.38 Å². The van der Waals surface area contributed by atoms with E-state index in [4.69, 9.17) is 17.0 Å². The molecule has 35 heavy (non-hydrogen) atoms. The van der Waals surface area contributed by atoms with Crippen molar-refractivity contribution in [1.29, 1.82) is 0 Å². The van der Waals surface area contributed by atoms with E-state index < -0.39 is 0 Å². The molecule has 0 unspecified atom stereocenters. The van der Waals surface area contributed by atoms with Crippen LogP contribution in [0.4, 0.5) is 0 Å². The molecule has 2 saturated carbocycles. The summed E-state index contributed by atoms with van der Waals surface area (Å²) in [6.45, 7) is 20.0. The second-order valence-corrected chi connectivity index (χ2v) is 15.5. The summed E-state index contributed by atoms with van der Waals surface area (Å²) in [7, 11) is 0. The Labute approximate surface area is 226 Å². The Morgan fingerprint density at radius 1 is 1.03 bits per heavy atom. The van der Waals surface area contributed by atoms with E-state index in [0.29, 0.717) is 22.2 Å². The van der Waals surface area contributed by atoms with Crippen LogP contribution in [0.3, 0.4) is 0 Å². The summed E-state index contributed by atoms with van der Waals surface area (Å²) in [5.74, 6) is 2.37. The van der Waals surface area contributed by atoms with Crippen molar-refractivity contribution >= 4 is 28.4 Å².